The van der Waals surface area contributed by atoms with E-state index in [1.165, 1.54) is 5.56 Å². The number of hydrogen-bond acceptors (Lipinski definition) is 4. The number of hydrazine groups is 1. The van der Waals surface area contributed by atoms with Gasteiger partial charge >= 0.3 is 0 Å². The van der Waals surface area contributed by atoms with Gasteiger partial charge < -0.3 is 0 Å². The summed E-state index contributed by atoms with van der Waals surface area (Å²) in [5, 5.41) is 0. The topological polar surface area (TPSA) is 72.2 Å². The van der Waals surface area contributed by atoms with E-state index < -0.39 is 9.84 Å². The Hall–Kier alpha value is -0.910. The highest BCUT2D eigenvalue weighted by atomic mass is 32.2. The maximum Gasteiger partial charge on any atom is 0.150 e. The van der Waals surface area contributed by atoms with Gasteiger partial charge in [-0.2, -0.15) is 0 Å². The standard InChI is InChI=1S/C15H24N2O2S/c1-2-20(18,19)10-6-9-15(17-16)14-11-13(14)12-7-4-3-5-8-12/h3-5,7-8,13-15,17H,2,6,9-11,16H2,1H3. The highest BCUT2D eigenvalue weighted by Gasteiger charge is 2.43. The molecule has 0 spiro atoms. The summed E-state index contributed by atoms with van der Waals surface area (Å²) in [7, 11) is -2.86. The van der Waals surface area contributed by atoms with E-state index in [4.69, 9.17) is 5.84 Å². The molecular formula is C15H24N2O2S. The van der Waals surface area contributed by atoms with Gasteiger partial charge in [0.05, 0.1) is 5.75 Å². The van der Waals surface area contributed by atoms with Crippen molar-refractivity contribution >= 4 is 9.84 Å². The maximum absolute atomic E-state index is 11.5. The molecule has 0 heterocycles. The van der Waals surface area contributed by atoms with Crippen molar-refractivity contribution in [3.05, 3.63) is 35.9 Å². The van der Waals surface area contributed by atoms with E-state index in [-0.39, 0.29) is 17.5 Å². The van der Waals surface area contributed by atoms with E-state index >= 15 is 0 Å². The summed E-state index contributed by atoms with van der Waals surface area (Å²) in [5.41, 5.74) is 4.23. The molecule has 3 N–H and O–H groups in total. The maximum atomic E-state index is 11.5. The Morgan fingerprint density at radius 1 is 1.35 bits per heavy atom. The minimum Gasteiger partial charge on any atom is -0.271 e. The normalized spacial score (nSPS) is 23.5. The zero-order chi connectivity index (χ0) is 14.6. The van der Waals surface area contributed by atoms with Crippen LogP contribution in [0.2, 0.25) is 0 Å². The molecular weight excluding hydrogens is 272 g/mol. The molecule has 2 rings (SSSR count). The molecule has 0 radical (unpaired) electrons. The second-order valence-corrected chi connectivity index (χ2v) is 8.04. The molecule has 4 nitrogen and oxygen atoms in total. The summed E-state index contributed by atoms with van der Waals surface area (Å²) in [6.07, 6.45) is 2.65. The summed E-state index contributed by atoms with van der Waals surface area (Å²) >= 11 is 0. The lowest BCUT2D eigenvalue weighted by Gasteiger charge is -2.15. The Morgan fingerprint density at radius 2 is 2.05 bits per heavy atom. The van der Waals surface area contributed by atoms with Gasteiger partial charge in [-0.3, -0.25) is 11.3 Å². The number of sulfone groups is 1. The van der Waals surface area contributed by atoms with Gasteiger partial charge in [-0.1, -0.05) is 37.3 Å². The van der Waals surface area contributed by atoms with E-state index in [1.807, 2.05) is 6.07 Å². The SMILES string of the molecule is CCS(=O)(=O)CCCC(NN)C1CC1c1ccccc1. The van der Waals surface area contributed by atoms with Gasteiger partial charge in [0.2, 0.25) is 0 Å². The molecule has 0 aliphatic heterocycles. The Kier molecular flexibility index (Phi) is 5.18. The average Bonchev–Trinajstić information content (AvgIpc) is 3.25. The number of hydrogen-bond donors (Lipinski definition) is 2. The van der Waals surface area contributed by atoms with Crippen molar-refractivity contribution in [3.63, 3.8) is 0 Å². The van der Waals surface area contributed by atoms with Crippen LogP contribution in [0.4, 0.5) is 0 Å². The van der Waals surface area contributed by atoms with Crippen molar-refractivity contribution in [2.45, 2.75) is 38.1 Å². The van der Waals surface area contributed by atoms with Crippen molar-refractivity contribution in [1.82, 2.24) is 5.43 Å². The fourth-order valence-corrected chi connectivity index (χ4v) is 3.73. The molecule has 0 saturated heterocycles. The first-order valence-electron chi connectivity index (χ1n) is 7.29. The van der Waals surface area contributed by atoms with Crippen LogP contribution in [0.5, 0.6) is 0 Å². The average molecular weight is 296 g/mol. The minimum absolute atomic E-state index is 0.215. The van der Waals surface area contributed by atoms with E-state index in [1.54, 1.807) is 6.92 Å². The first kappa shape index (κ1) is 15.5. The van der Waals surface area contributed by atoms with Gasteiger partial charge in [0, 0.05) is 11.8 Å². The Bertz CT molecular complexity index is 516. The third-order valence-electron chi connectivity index (χ3n) is 4.21. The van der Waals surface area contributed by atoms with E-state index in [2.05, 4.69) is 29.7 Å². The quantitative estimate of drug-likeness (QED) is 0.567. The molecule has 5 heteroatoms. The van der Waals surface area contributed by atoms with E-state index in [0.29, 0.717) is 18.3 Å². The minimum atomic E-state index is -2.86. The highest BCUT2D eigenvalue weighted by Crippen LogP contribution is 2.50. The summed E-state index contributed by atoms with van der Waals surface area (Å²) in [6, 6.07) is 10.7. The molecule has 1 aliphatic carbocycles. The van der Waals surface area contributed by atoms with Crippen molar-refractivity contribution in [1.29, 1.82) is 0 Å². The highest BCUT2D eigenvalue weighted by molar-refractivity contribution is 7.91. The van der Waals surface area contributed by atoms with Crippen LogP contribution in [0.15, 0.2) is 30.3 Å². The lowest BCUT2D eigenvalue weighted by Crippen LogP contribution is -2.37. The molecule has 0 aromatic heterocycles. The molecule has 1 aromatic carbocycles. The van der Waals surface area contributed by atoms with Crippen molar-refractivity contribution in [2.24, 2.45) is 11.8 Å². The predicted octanol–water partition coefficient (Wildman–Crippen LogP) is 1.84. The monoisotopic (exact) mass is 296 g/mol. The number of nitrogens with two attached hydrogens (primary N) is 1. The summed E-state index contributed by atoms with van der Waals surface area (Å²) in [4.78, 5) is 0. The number of rotatable bonds is 8. The lowest BCUT2D eigenvalue weighted by atomic mass is 10.0. The van der Waals surface area contributed by atoms with Crippen LogP contribution in [0, 0.1) is 5.92 Å². The Balaban J connectivity index is 1.82. The first-order chi connectivity index (χ1) is 9.57. The van der Waals surface area contributed by atoms with Crippen molar-refractivity contribution in [2.75, 3.05) is 11.5 Å². The van der Waals surface area contributed by atoms with Gasteiger partial charge in [0.25, 0.3) is 0 Å². The summed E-state index contributed by atoms with van der Waals surface area (Å²) in [5.74, 6) is 7.23. The van der Waals surface area contributed by atoms with Crippen molar-refractivity contribution in [3.8, 4) is 0 Å². The predicted molar refractivity (Wildman–Crippen MR) is 82.0 cm³/mol. The molecule has 3 unspecified atom stereocenters. The fourth-order valence-electron chi connectivity index (χ4n) is 2.83. The van der Waals surface area contributed by atoms with Crippen LogP contribution in [0.3, 0.4) is 0 Å². The molecule has 0 bridgehead atoms. The molecule has 20 heavy (non-hydrogen) atoms. The van der Waals surface area contributed by atoms with Crippen LogP contribution < -0.4 is 11.3 Å². The smallest absolute Gasteiger partial charge is 0.150 e. The molecule has 112 valence electrons. The zero-order valence-electron chi connectivity index (χ0n) is 12.0. The lowest BCUT2D eigenvalue weighted by molar-refractivity contribution is 0.434. The molecule has 0 amide bonds. The number of benzene rings is 1. The third kappa shape index (κ3) is 4.04. The van der Waals surface area contributed by atoms with Gasteiger partial charge in [-0.15, -0.1) is 0 Å². The van der Waals surface area contributed by atoms with Crippen molar-refractivity contribution < 1.29 is 8.42 Å². The van der Waals surface area contributed by atoms with Gasteiger partial charge in [-0.25, -0.2) is 8.42 Å². The van der Waals surface area contributed by atoms with Crippen LogP contribution in [0.1, 0.15) is 37.7 Å². The van der Waals surface area contributed by atoms with E-state index in [9.17, 15) is 8.42 Å². The molecule has 1 aliphatic rings. The zero-order valence-corrected chi connectivity index (χ0v) is 12.8. The van der Waals surface area contributed by atoms with Crippen LogP contribution in [-0.2, 0) is 9.84 Å². The Morgan fingerprint density at radius 3 is 2.65 bits per heavy atom. The van der Waals surface area contributed by atoms with Crippen LogP contribution in [-0.4, -0.2) is 26.0 Å². The third-order valence-corrected chi connectivity index (χ3v) is 6.00. The fraction of sp³-hybridized carbons (Fsp3) is 0.600. The first-order valence-corrected chi connectivity index (χ1v) is 9.11. The molecule has 1 aromatic rings. The van der Waals surface area contributed by atoms with Crippen LogP contribution >= 0.6 is 0 Å². The summed E-state index contributed by atoms with van der Waals surface area (Å²) in [6.45, 7) is 1.69. The summed E-state index contributed by atoms with van der Waals surface area (Å²) < 4.78 is 23.0. The Labute approximate surface area is 121 Å². The van der Waals surface area contributed by atoms with Gasteiger partial charge in [-0.05, 0) is 36.7 Å². The molecule has 3 atom stereocenters. The molecule has 1 fully saturated rings. The largest absolute Gasteiger partial charge is 0.271 e. The van der Waals surface area contributed by atoms with E-state index in [0.717, 1.165) is 12.8 Å². The van der Waals surface area contributed by atoms with Crippen LogP contribution in [0.25, 0.3) is 0 Å². The number of nitrogens with one attached hydrogen (secondary N) is 1. The second kappa shape index (κ2) is 6.70. The van der Waals surface area contributed by atoms with Gasteiger partial charge in [0.1, 0.15) is 9.84 Å². The second-order valence-electron chi connectivity index (χ2n) is 5.57. The molecule has 1 saturated carbocycles. The van der Waals surface area contributed by atoms with Gasteiger partial charge in [0.15, 0.2) is 0 Å².